The topological polar surface area (TPSA) is 44.0 Å². The van der Waals surface area contributed by atoms with Crippen molar-refractivity contribution >= 4 is 0 Å². The number of aliphatic hydroxyl groups is 1. The molecule has 4 rings (SSSR count). The highest BCUT2D eigenvalue weighted by Crippen LogP contribution is 2.69. The molecule has 168 valence electrons. The number of nitriles is 1. The van der Waals surface area contributed by atoms with Crippen LogP contribution >= 0.6 is 0 Å². The zero-order valence-electron chi connectivity index (χ0n) is 20.2. The Morgan fingerprint density at radius 2 is 1.83 bits per heavy atom. The molecule has 0 amide bonds. The van der Waals surface area contributed by atoms with Crippen LogP contribution in [0.4, 0.5) is 0 Å². The standard InChI is InChI=1S/C28H45NO/c1-19(2)7-6-8-20(3)23-9-10-24-22-12-16-28(18-29)17-21(30)11-15-27(28,5)25(22)13-14-26(23,24)4/h12,19-21,23-25,30H,6-11,13-17H2,1-5H3/t20?,21-,23-,24+,25+,26-,27-,28+/m1/s1. The predicted molar refractivity (Wildman–Crippen MR) is 124 cm³/mol. The molecule has 1 N–H and O–H groups in total. The number of allylic oxidation sites excluding steroid dienone is 2. The third-order valence-electron chi connectivity index (χ3n) is 10.7. The average molecular weight is 412 g/mol. The van der Waals surface area contributed by atoms with Crippen molar-refractivity contribution in [3.8, 4) is 6.07 Å². The van der Waals surface area contributed by atoms with E-state index in [1.807, 2.05) is 0 Å². The van der Waals surface area contributed by atoms with Crippen LogP contribution in [0.5, 0.6) is 0 Å². The fourth-order valence-electron chi connectivity index (χ4n) is 8.77. The number of hydrogen-bond acceptors (Lipinski definition) is 2. The number of fused-ring (bicyclic) bond motifs is 5. The number of aliphatic hydroxyl groups excluding tert-OH is 1. The third kappa shape index (κ3) is 3.30. The maximum Gasteiger partial charge on any atom is 0.0700 e. The minimum Gasteiger partial charge on any atom is -0.393 e. The molecule has 0 aromatic heterocycles. The lowest BCUT2D eigenvalue weighted by atomic mass is 9.43. The summed E-state index contributed by atoms with van der Waals surface area (Å²) in [7, 11) is 0. The van der Waals surface area contributed by atoms with Crippen molar-refractivity contribution in [2.24, 2.45) is 45.8 Å². The summed E-state index contributed by atoms with van der Waals surface area (Å²) in [4.78, 5) is 0. The van der Waals surface area contributed by atoms with Gasteiger partial charge >= 0.3 is 0 Å². The van der Waals surface area contributed by atoms with Gasteiger partial charge in [-0.1, -0.05) is 65.5 Å². The van der Waals surface area contributed by atoms with Gasteiger partial charge in [-0.3, -0.25) is 0 Å². The lowest BCUT2D eigenvalue weighted by molar-refractivity contribution is -0.0775. The summed E-state index contributed by atoms with van der Waals surface area (Å²) in [5.41, 5.74) is 1.88. The maximum atomic E-state index is 10.4. The lowest BCUT2D eigenvalue weighted by Gasteiger charge is -2.60. The summed E-state index contributed by atoms with van der Waals surface area (Å²) in [5.74, 6) is 3.81. The van der Waals surface area contributed by atoms with E-state index in [4.69, 9.17) is 0 Å². The molecule has 30 heavy (non-hydrogen) atoms. The molecule has 0 heterocycles. The van der Waals surface area contributed by atoms with Gasteiger partial charge in [-0.15, -0.1) is 0 Å². The van der Waals surface area contributed by atoms with Crippen LogP contribution in [-0.4, -0.2) is 11.2 Å². The van der Waals surface area contributed by atoms with Crippen molar-refractivity contribution in [3.63, 3.8) is 0 Å². The van der Waals surface area contributed by atoms with Gasteiger partial charge in [-0.25, -0.2) is 0 Å². The molecule has 3 saturated carbocycles. The van der Waals surface area contributed by atoms with Gasteiger partial charge in [-0.2, -0.15) is 5.26 Å². The highest BCUT2D eigenvalue weighted by molar-refractivity contribution is 5.32. The van der Waals surface area contributed by atoms with E-state index in [0.29, 0.717) is 17.8 Å². The Labute approximate surface area is 185 Å². The molecule has 0 radical (unpaired) electrons. The molecule has 0 bridgehead atoms. The Balaban J connectivity index is 1.56. The fourth-order valence-corrected chi connectivity index (χ4v) is 8.77. The van der Waals surface area contributed by atoms with Gasteiger partial charge in [0.1, 0.15) is 0 Å². The van der Waals surface area contributed by atoms with E-state index >= 15 is 0 Å². The molecule has 4 aliphatic rings. The molecular formula is C28H45NO. The second-order valence-electron chi connectivity index (χ2n) is 12.6. The molecule has 4 aliphatic carbocycles. The highest BCUT2D eigenvalue weighted by atomic mass is 16.3. The first-order valence-electron chi connectivity index (χ1n) is 13.0. The molecule has 2 heteroatoms. The minimum absolute atomic E-state index is 0.0490. The number of rotatable bonds is 5. The second-order valence-corrected chi connectivity index (χ2v) is 12.6. The molecule has 3 fully saturated rings. The molecule has 0 saturated heterocycles. The Morgan fingerprint density at radius 3 is 2.53 bits per heavy atom. The summed E-state index contributed by atoms with van der Waals surface area (Å²) in [6.45, 7) is 12.2. The van der Waals surface area contributed by atoms with E-state index in [9.17, 15) is 10.4 Å². The van der Waals surface area contributed by atoms with E-state index in [2.05, 4.69) is 46.8 Å². The van der Waals surface area contributed by atoms with Gasteiger partial charge < -0.3 is 5.11 Å². The van der Waals surface area contributed by atoms with E-state index in [1.165, 1.54) is 44.9 Å². The summed E-state index contributed by atoms with van der Waals surface area (Å²) in [6, 6.07) is 2.75. The van der Waals surface area contributed by atoms with Crippen molar-refractivity contribution in [2.75, 3.05) is 0 Å². The van der Waals surface area contributed by atoms with Crippen LogP contribution in [0.3, 0.4) is 0 Å². The fraction of sp³-hybridized carbons (Fsp3) is 0.893. The van der Waals surface area contributed by atoms with Gasteiger partial charge in [0.05, 0.1) is 17.6 Å². The van der Waals surface area contributed by atoms with Crippen LogP contribution in [0, 0.1) is 57.2 Å². The van der Waals surface area contributed by atoms with Gasteiger partial charge in [0.25, 0.3) is 0 Å². The first kappa shape index (κ1) is 22.4. The summed E-state index contributed by atoms with van der Waals surface area (Å²) >= 11 is 0. The molecule has 0 spiro atoms. The van der Waals surface area contributed by atoms with Crippen molar-refractivity contribution in [2.45, 2.75) is 111 Å². The molecule has 1 unspecified atom stereocenters. The van der Waals surface area contributed by atoms with Gasteiger partial charge in [0.15, 0.2) is 0 Å². The molecule has 0 aliphatic heterocycles. The van der Waals surface area contributed by atoms with Crippen LogP contribution in [-0.2, 0) is 0 Å². The zero-order chi connectivity index (χ0) is 21.7. The Morgan fingerprint density at radius 1 is 1.07 bits per heavy atom. The molecule has 0 aromatic rings. The highest BCUT2D eigenvalue weighted by Gasteiger charge is 2.62. The van der Waals surface area contributed by atoms with Crippen molar-refractivity contribution in [1.82, 2.24) is 0 Å². The van der Waals surface area contributed by atoms with Crippen LogP contribution in [0.2, 0.25) is 0 Å². The zero-order valence-corrected chi connectivity index (χ0v) is 20.2. The van der Waals surface area contributed by atoms with Crippen molar-refractivity contribution in [1.29, 1.82) is 5.26 Å². The monoisotopic (exact) mass is 411 g/mol. The number of hydrogen-bond donors (Lipinski definition) is 1. The van der Waals surface area contributed by atoms with E-state index in [-0.39, 0.29) is 16.9 Å². The van der Waals surface area contributed by atoms with Crippen LogP contribution in [0.25, 0.3) is 0 Å². The molecular weight excluding hydrogens is 366 g/mol. The molecule has 2 nitrogen and oxygen atoms in total. The number of nitrogens with zero attached hydrogens (tertiary/aromatic N) is 1. The van der Waals surface area contributed by atoms with E-state index in [1.54, 1.807) is 5.57 Å². The summed E-state index contributed by atoms with van der Waals surface area (Å²) < 4.78 is 0. The Hall–Kier alpha value is -0.810. The van der Waals surface area contributed by atoms with Crippen LogP contribution < -0.4 is 0 Å². The second kappa shape index (κ2) is 7.95. The van der Waals surface area contributed by atoms with Crippen LogP contribution in [0.1, 0.15) is 105 Å². The molecule has 8 atom stereocenters. The Kier molecular flexibility index (Phi) is 5.93. The minimum atomic E-state index is -0.352. The third-order valence-corrected chi connectivity index (χ3v) is 10.7. The molecule has 0 aromatic carbocycles. The average Bonchev–Trinajstić information content (AvgIpc) is 3.05. The smallest absolute Gasteiger partial charge is 0.0700 e. The van der Waals surface area contributed by atoms with E-state index < -0.39 is 0 Å². The maximum absolute atomic E-state index is 10.4. The quantitative estimate of drug-likeness (QED) is 0.483. The normalized spacial score (nSPS) is 46.4. The van der Waals surface area contributed by atoms with Gasteiger partial charge in [0.2, 0.25) is 0 Å². The van der Waals surface area contributed by atoms with Crippen molar-refractivity contribution in [3.05, 3.63) is 11.6 Å². The largest absolute Gasteiger partial charge is 0.393 e. The Bertz CT molecular complexity index is 719. The van der Waals surface area contributed by atoms with Crippen molar-refractivity contribution < 1.29 is 5.11 Å². The lowest BCUT2D eigenvalue weighted by Crippen LogP contribution is -2.55. The first-order chi connectivity index (χ1) is 14.2. The SMILES string of the molecule is CC(C)CCCC(C)[C@H]1CC[C@H]2C3=CC[C@@]4(C#N)C[C@H](O)CC[C@]4(C)[C@H]3CC[C@]12C. The van der Waals surface area contributed by atoms with Crippen LogP contribution in [0.15, 0.2) is 11.6 Å². The predicted octanol–water partition coefficient (Wildman–Crippen LogP) is 7.28. The van der Waals surface area contributed by atoms with Gasteiger partial charge in [0, 0.05) is 0 Å². The summed E-state index contributed by atoms with van der Waals surface area (Å²) in [5, 5.41) is 20.6. The first-order valence-corrected chi connectivity index (χ1v) is 13.0. The summed E-state index contributed by atoms with van der Waals surface area (Å²) in [6.07, 6.45) is 15.1. The van der Waals surface area contributed by atoms with E-state index in [0.717, 1.165) is 42.9 Å². The van der Waals surface area contributed by atoms with Gasteiger partial charge in [-0.05, 0) is 91.8 Å².